The highest BCUT2D eigenvalue weighted by Crippen LogP contribution is 2.24. The fourth-order valence-electron chi connectivity index (χ4n) is 1.36. The normalized spacial score (nSPS) is 22.6. The first-order chi connectivity index (χ1) is 4.71. The molecule has 0 atom stereocenters. The highest BCUT2D eigenvalue weighted by atomic mass is 16.1. The van der Waals surface area contributed by atoms with Crippen LogP contribution in [0.2, 0.25) is 0 Å². The quantitative estimate of drug-likeness (QED) is 0.558. The average Bonchev–Trinajstić information content (AvgIpc) is 1.92. The summed E-state index contributed by atoms with van der Waals surface area (Å²) in [6, 6.07) is 0. The van der Waals surface area contributed by atoms with E-state index in [9.17, 15) is 0 Å². The van der Waals surface area contributed by atoms with Crippen molar-refractivity contribution in [1.29, 1.82) is 0 Å². The lowest BCUT2D eigenvalue weighted by molar-refractivity contribution is -0.0979. The summed E-state index contributed by atoms with van der Waals surface area (Å²) in [5, 5.41) is 0. The second kappa shape index (κ2) is 4.45. The summed E-state index contributed by atoms with van der Waals surface area (Å²) in [5.41, 5.74) is 6.06. The molecule has 0 saturated heterocycles. The number of hydrogen-bond acceptors (Lipinski definition) is 2. The Bertz CT molecular complexity index is 83.3. The summed E-state index contributed by atoms with van der Waals surface area (Å²) in [5.74, 6) is 0. The van der Waals surface area contributed by atoms with Crippen LogP contribution in [0.4, 0.5) is 0 Å². The molecular formula is C8H17NO. The fraction of sp³-hybridized carbons (Fsp3) is 0.875. The smallest absolute Gasteiger partial charge is 0.106 e. The van der Waals surface area contributed by atoms with Gasteiger partial charge in [-0.25, -0.2) is 0 Å². The van der Waals surface area contributed by atoms with Crippen molar-refractivity contribution in [3.05, 3.63) is 0 Å². The molecule has 1 aliphatic rings. The van der Waals surface area contributed by atoms with E-state index in [0.29, 0.717) is 0 Å². The van der Waals surface area contributed by atoms with Crippen LogP contribution in [-0.2, 0) is 4.79 Å². The highest BCUT2D eigenvalue weighted by Gasteiger charge is 2.20. The van der Waals surface area contributed by atoms with Gasteiger partial charge in [-0.3, -0.25) is 0 Å². The number of rotatable bonds is 0. The van der Waals surface area contributed by atoms with E-state index in [-0.39, 0.29) is 5.54 Å². The molecule has 0 aromatic heterocycles. The van der Waals surface area contributed by atoms with Gasteiger partial charge >= 0.3 is 0 Å². The summed E-state index contributed by atoms with van der Waals surface area (Å²) in [6.07, 6.45) is 6.53. The molecule has 2 heteroatoms. The van der Waals surface area contributed by atoms with Crippen molar-refractivity contribution >= 4 is 6.79 Å². The second-order valence-electron chi connectivity index (χ2n) is 3.21. The molecule has 2 nitrogen and oxygen atoms in total. The summed E-state index contributed by atoms with van der Waals surface area (Å²) < 4.78 is 0. The van der Waals surface area contributed by atoms with E-state index in [2.05, 4.69) is 6.92 Å². The minimum atomic E-state index is 0.179. The van der Waals surface area contributed by atoms with Crippen molar-refractivity contribution in [1.82, 2.24) is 0 Å². The molecule has 1 rings (SSSR count). The Hall–Kier alpha value is -0.370. The van der Waals surface area contributed by atoms with Gasteiger partial charge in [-0.15, -0.1) is 0 Å². The third-order valence-corrected chi connectivity index (χ3v) is 2.00. The van der Waals surface area contributed by atoms with Crippen molar-refractivity contribution < 1.29 is 4.79 Å². The average molecular weight is 143 g/mol. The van der Waals surface area contributed by atoms with Gasteiger partial charge in [0.25, 0.3) is 0 Å². The molecule has 2 N–H and O–H groups in total. The topological polar surface area (TPSA) is 43.1 Å². The third kappa shape index (κ3) is 3.62. The maximum atomic E-state index is 8.00. The van der Waals surface area contributed by atoms with Crippen LogP contribution in [0.5, 0.6) is 0 Å². The third-order valence-electron chi connectivity index (χ3n) is 2.00. The Labute approximate surface area is 62.8 Å². The summed E-state index contributed by atoms with van der Waals surface area (Å²) >= 11 is 0. The Kier molecular flexibility index (Phi) is 4.28. The predicted molar refractivity (Wildman–Crippen MR) is 42.8 cm³/mol. The molecule has 1 fully saturated rings. The molecule has 1 aliphatic carbocycles. The zero-order chi connectivity index (χ0) is 8.04. The maximum Gasteiger partial charge on any atom is 0.106 e. The zero-order valence-electron chi connectivity index (χ0n) is 6.73. The predicted octanol–water partition coefficient (Wildman–Crippen LogP) is 1.48. The van der Waals surface area contributed by atoms with Crippen molar-refractivity contribution in [3.63, 3.8) is 0 Å². The molecule has 0 unspecified atom stereocenters. The van der Waals surface area contributed by atoms with E-state index >= 15 is 0 Å². The number of hydrogen-bond donors (Lipinski definition) is 1. The minimum absolute atomic E-state index is 0.179. The van der Waals surface area contributed by atoms with Crippen LogP contribution in [0.25, 0.3) is 0 Å². The van der Waals surface area contributed by atoms with E-state index in [0.717, 1.165) is 0 Å². The van der Waals surface area contributed by atoms with Crippen LogP contribution in [-0.4, -0.2) is 12.3 Å². The highest BCUT2D eigenvalue weighted by molar-refractivity contribution is 5.10. The van der Waals surface area contributed by atoms with Crippen molar-refractivity contribution in [3.8, 4) is 0 Å². The number of nitrogens with two attached hydrogens (primary N) is 1. The molecule has 0 aromatic carbocycles. The van der Waals surface area contributed by atoms with Gasteiger partial charge in [0.2, 0.25) is 0 Å². The standard InChI is InChI=1S/C7H15N.CH2O/c1-7(8)5-3-2-4-6-7;1-2/h2-6,8H2,1H3;1H2. The van der Waals surface area contributed by atoms with Crippen LogP contribution in [0.1, 0.15) is 39.0 Å². The monoisotopic (exact) mass is 143 g/mol. The van der Waals surface area contributed by atoms with Crippen LogP contribution in [0.15, 0.2) is 0 Å². The number of carbonyl (C=O) groups is 1. The van der Waals surface area contributed by atoms with Gasteiger partial charge in [0.1, 0.15) is 6.79 Å². The SMILES string of the molecule is C=O.CC1(N)CCCCC1. The Balaban J connectivity index is 0.000000371. The molecule has 60 valence electrons. The van der Waals surface area contributed by atoms with E-state index < -0.39 is 0 Å². The van der Waals surface area contributed by atoms with Crippen molar-refractivity contribution in [2.75, 3.05) is 0 Å². The summed E-state index contributed by atoms with van der Waals surface area (Å²) in [4.78, 5) is 8.00. The van der Waals surface area contributed by atoms with Gasteiger partial charge < -0.3 is 10.5 Å². The van der Waals surface area contributed by atoms with E-state index in [4.69, 9.17) is 10.5 Å². The van der Waals surface area contributed by atoms with E-state index in [1.54, 1.807) is 0 Å². The van der Waals surface area contributed by atoms with E-state index in [1.807, 2.05) is 6.79 Å². The van der Waals surface area contributed by atoms with Crippen LogP contribution in [0, 0.1) is 0 Å². The summed E-state index contributed by atoms with van der Waals surface area (Å²) in [7, 11) is 0. The Morgan fingerprint density at radius 3 is 1.80 bits per heavy atom. The van der Waals surface area contributed by atoms with E-state index in [1.165, 1.54) is 32.1 Å². The molecule has 1 saturated carbocycles. The molecule has 0 spiro atoms. The fourth-order valence-corrected chi connectivity index (χ4v) is 1.36. The van der Waals surface area contributed by atoms with Gasteiger partial charge in [-0.05, 0) is 19.8 Å². The van der Waals surface area contributed by atoms with Crippen LogP contribution in [0.3, 0.4) is 0 Å². The molecule has 0 aromatic rings. The minimum Gasteiger partial charge on any atom is -0.325 e. The molecule has 0 radical (unpaired) electrons. The van der Waals surface area contributed by atoms with Gasteiger partial charge in [-0.2, -0.15) is 0 Å². The molecule has 0 bridgehead atoms. The van der Waals surface area contributed by atoms with Crippen LogP contribution >= 0.6 is 0 Å². The lowest BCUT2D eigenvalue weighted by Gasteiger charge is -2.28. The molecular weight excluding hydrogens is 126 g/mol. The summed E-state index contributed by atoms with van der Waals surface area (Å²) in [6.45, 7) is 4.16. The molecule has 10 heavy (non-hydrogen) atoms. The first-order valence-corrected chi connectivity index (χ1v) is 3.78. The first-order valence-electron chi connectivity index (χ1n) is 3.78. The van der Waals surface area contributed by atoms with Gasteiger partial charge in [0.05, 0.1) is 0 Å². The van der Waals surface area contributed by atoms with Crippen molar-refractivity contribution in [2.45, 2.75) is 44.6 Å². The lowest BCUT2D eigenvalue weighted by Crippen LogP contribution is -2.37. The maximum absolute atomic E-state index is 8.00. The van der Waals surface area contributed by atoms with Gasteiger partial charge in [0.15, 0.2) is 0 Å². The van der Waals surface area contributed by atoms with Crippen molar-refractivity contribution in [2.24, 2.45) is 5.73 Å². The lowest BCUT2D eigenvalue weighted by atomic mass is 9.84. The molecule has 0 heterocycles. The zero-order valence-corrected chi connectivity index (χ0v) is 6.73. The Morgan fingerprint density at radius 2 is 1.60 bits per heavy atom. The molecule has 0 amide bonds. The number of carbonyl (C=O) groups excluding carboxylic acids is 1. The van der Waals surface area contributed by atoms with Gasteiger partial charge in [0, 0.05) is 5.54 Å². The second-order valence-corrected chi connectivity index (χ2v) is 3.21. The first kappa shape index (κ1) is 9.63. The van der Waals surface area contributed by atoms with Crippen LogP contribution < -0.4 is 5.73 Å². The Morgan fingerprint density at radius 1 is 1.20 bits per heavy atom. The largest absolute Gasteiger partial charge is 0.325 e. The molecule has 0 aliphatic heterocycles. The van der Waals surface area contributed by atoms with Gasteiger partial charge in [-0.1, -0.05) is 19.3 Å².